The number of nitrogens with zero attached hydrogens (tertiary/aromatic N) is 3. The minimum Gasteiger partial charge on any atom is -0.296 e. The number of fused-ring (bicyclic) bond motifs is 1. The number of allylic oxidation sites excluding steroid dienone is 1. The maximum atomic E-state index is 4.57. The minimum absolute atomic E-state index is 0.282. The first kappa shape index (κ1) is 16.2. The van der Waals surface area contributed by atoms with Crippen molar-refractivity contribution in [2.45, 2.75) is 32.6 Å². The molecular formula is C22H25N3. The van der Waals surface area contributed by atoms with Crippen molar-refractivity contribution in [2.24, 2.45) is 0 Å². The molecule has 1 aromatic heterocycles. The van der Waals surface area contributed by atoms with Gasteiger partial charge in [0.1, 0.15) is 0 Å². The molecule has 0 spiro atoms. The van der Waals surface area contributed by atoms with Crippen LogP contribution in [-0.4, -0.2) is 34.5 Å². The minimum atomic E-state index is 0.282. The first-order valence-electron chi connectivity index (χ1n) is 9.17. The monoisotopic (exact) mass is 331 g/mol. The average Bonchev–Trinajstić information content (AvgIpc) is 3.27. The second-order valence-electron chi connectivity index (χ2n) is 7.19. The van der Waals surface area contributed by atoms with E-state index in [9.17, 15) is 0 Å². The van der Waals surface area contributed by atoms with Gasteiger partial charge in [-0.15, -0.1) is 0 Å². The zero-order chi connectivity index (χ0) is 17.2. The Balaban J connectivity index is 1.66. The molecule has 25 heavy (non-hydrogen) atoms. The van der Waals surface area contributed by atoms with Gasteiger partial charge in [0.15, 0.2) is 0 Å². The van der Waals surface area contributed by atoms with Crippen LogP contribution in [0.25, 0.3) is 5.57 Å². The lowest BCUT2D eigenvalue weighted by atomic mass is 9.90. The molecule has 1 atom stereocenters. The molecule has 0 bridgehead atoms. The Morgan fingerprint density at radius 1 is 1.16 bits per heavy atom. The molecule has 2 aliphatic rings. The molecule has 1 aliphatic heterocycles. The van der Waals surface area contributed by atoms with Crippen LogP contribution < -0.4 is 0 Å². The third-order valence-corrected chi connectivity index (χ3v) is 5.42. The Bertz CT molecular complexity index is 812. The van der Waals surface area contributed by atoms with E-state index in [1.807, 2.05) is 6.20 Å². The Hall–Kier alpha value is -2.26. The maximum absolute atomic E-state index is 4.57. The van der Waals surface area contributed by atoms with Crippen molar-refractivity contribution in [3.63, 3.8) is 0 Å². The molecule has 2 heterocycles. The van der Waals surface area contributed by atoms with Crippen molar-refractivity contribution < 1.29 is 0 Å². The van der Waals surface area contributed by atoms with Crippen molar-refractivity contribution in [3.8, 4) is 0 Å². The van der Waals surface area contributed by atoms with E-state index in [-0.39, 0.29) is 5.92 Å². The highest BCUT2D eigenvalue weighted by molar-refractivity contribution is 5.80. The van der Waals surface area contributed by atoms with Gasteiger partial charge in [-0.2, -0.15) is 0 Å². The van der Waals surface area contributed by atoms with E-state index in [2.05, 4.69) is 59.1 Å². The van der Waals surface area contributed by atoms with Crippen LogP contribution in [0.15, 0.2) is 54.5 Å². The highest BCUT2D eigenvalue weighted by atomic mass is 15.1. The molecule has 1 aromatic carbocycles. The molecule has 0 radical (unpaired) electrons. The van der Waals surface area contributed by atoms with Crippen LogP contribution in [0.1, 0.15) is 41.6 Å². The highest BCUT2D eigenvalue weighted by Gasteiger charge is 2.27. The van der Waals surface area contributed by atoms with Crippen molar-refractivity contribution >= 4 is 5.57 Å². The van der Waals surface area contributed by atoms with Crippen LogP contribution in [0.3, 0.4) is 0 Å². The summed E-state index contributed by atoms with van der Waals surface area (Å²) in [6, 6.07) is 6.88. The number of hydrogen-bond acceptors (Lipinski definition) is 3. The number of rotatable bonds is 5. The van der Waals surface area contributed by atoms with Gasteiger partial charge in [0.25, 0.3) is 0 Å². The summed E-state index contributed by atoms with van der Waals surface area (Å²) in [5.41, 5.74) is 8.34. The molecule has 0 N–H and O–H groups in total. The standard InChI is InChI=1S/C22H25N3/c1-16-5-6-20-19(13-16)14-18(7-12-25-10-3-4-11-25)22(20)17(2)21-15-23-8-9-24-21/h3-6,8-9,13,15,17H,7,10-12,14H2,1-2H3. The van der Waals surface area contributed by atoms with Gasteiger partial charge in [-0.3, -0.25) is 14.9 Å². The van der Waals surface area contributed by atoms with Crippen LogP contribution in [0, 0.1) is 6.92 Å². The van der Waals surface area contributed by atoms with E-state index in [0.29, 0.717) is 0 Å². The molecule has 3 nitrogen and oxygen atoms in total. The molecule has 0 amide bonds. The van der Waals surface area contributed by atoms with Gasteiger partial charge in [0, 0.05) is 44.1 Å². The summed E-state index contributed by atoms with van der Waals surface area (Å²) < 4.78 is 0. The largest absolute Gasteiger partial charge is 0.296 e. The third kappa shape index (κ3) is 3.29. The maximum Gasteiger partial charge on any atom is 0.0658 e. The van der Waals surface area contributed by atoms with Crippen LogP contribution >= 0.6 is 0 Å². The summed E-state index contributed by atoms with van der Waals surface area (Å²) in [7, 11) is 0. The Morgan fingerprint density at radius 2 is 2.00 bits per heavy atom. The molecule has 0 saturated heterocycles. The molecule has 3 heteroatoms. The summed E-state index contributed by atoms with van der Waals surface area (Å²) in [4.78, 5) is 11.4. The van der Waals surface area contributed by atoms with Crippen molar-refractivity contribution in [1.29, 1.82) is 0 Å². The van der Waals surface area contributed by atoms with E-state index in [1.54, 1.807) is 18.0 Å². The van der Waals surface area contributed by atoms with Gasteiger partial charge in [0.2, 0.25) is 0 Å². The summed E-state index contributed by atoms with van der Waals surface area (Å²) in [6.45, 7) is 7.76. The van der Waals surface area contributed by atoms with Gasteiger partial charge in [0.05, 0.1) is 5.69 Å². The van der Waals surface area contributed by atoms with Gasteiger partial charge < -0.3 is 0 Å². The molecule has 0 saturated carbocycles. The first-order valence-corrected chi connectivity index (χ1v) is 9.17. The number of hydrogen-bond donors (Lipinski definition) is 0. The Labute approximate surface area is 150 Å². The number of aromatic nitrogens is 2. The Morgan fingerprint density at radius 3 is 2.76 bits per heavy atom. The lowest BCUT2D eigenvalue weighted by Crippen LogP contribution is -2.21. The van der Waals surface area contributed by atoms with E-state index in [0.717, 1.165) is 38.2 Å². The SMILES string of the molecule is Cc1ccc2c(c1)CC(CCN1CC=CC1)=C2C(C)c1cnccn1. The highest BCUT2D eigenvalue weighted by Crippen LogP contribution is 2.42. The van der Waals surface area contributed by atoms with Crippen molar-refractivity contribution in [2.75, 3.05) is 19.6 Å². The van der Waals surface area contributed by atoms with E-state index >= 15 is 0 Å². The second kappa shape index (κ2) is 6.93. The van der Waals surface area contributed by atoms with Crippen LogP contribution in [0.4, 0.5) is 0 Å². The third-order valence-electron chi connectivity index (χ3n) is 5.42. The lowest BCUT2D eigenvalue weighted by molar-refractivity contribution is 0.356. The molecule has 0 fully saturated rings. The zero-order valence-corrected chi connectivity index (χ0v) is 15.1. The quantitative estimate of drug-likeness (QED) is 0.770. The summed E-state index contributed by atoms with van der Waals surface area (Å²) in [5, 5.41) is 0. The summed E-state index contributed by atoms with van der Waals surface area (Å²) in [6.07, 6.45) is 12.2. The fourth-order valence-corrected chi connectivity index (χ4v) is 4.09. The van der Waals surface area contributed by atoms with E-state index in [4.69, 9.17) is 0 Å². The fraction of sp³-hybridized carbons (Fsp3) is 0.364. The van der Waals surface area contributed by atoms with Crippen molar-refractivity contribution in [1.82, 2.24) is 14.9 Å². The summed E-state index contributed by atoms with van der Waals surface area (Å²) >= 11 is 0. The second-order valence-corrected chi connectivity index (χ2v) is 7.19. The molecule has 2 aromatic rings. The molecular weight excluding hydrogens is 306 g/mol. The molecule has 1 unspecified atom stereocenters. The predicted molar refractivity (Wildman–Crippen MR) is 102 cm³/mol. The smallest absolute Gasteiger partial charge is 0.0658 e. The normalized spacial score (nSPS) is 18.0. The lowest BCUT2D eigenvalue weighted by Gasteiger charge is -2.19. The van der Waals surface area contributed by atoms with E-state index < -0.39 is 0 Å². The molecule has 1 aliphatic carbocycles. The van der Waals surface area contributed by atoms with Crippen LogP contribution in [-0.2, 0) is 6.42 Å². The Kier molecular flexibility index (Phi) is 4.50. The van der Waals surface area contributed by atoms with Gasteiger partial charge >= 0.3 is 0 Å². The topological polar surface area (TPSA) is 29.0 Å². The number of aryl methyl sites for hydroxylation is 1. The number of benzene rings is 1. The fourth-order valence-electron chi connectivity index (χ4n) is 4.09. The first-order chi connectivity index (χ1) is 12.2. The van der Waals surface area contributed by atoms with E-state index in [1.165, 1.54) is 22.3 Å². The van der Waals surface area contributed by atoms with Crippen LogP contribution in [0.2, 0.25) is 0 Å². The predicted octanol–water partition coefficient (Wildman–Crippen LogP) is 4.16. The van der Waals surface area contributed by atoms with Crippen LogP contribution in [0.5, 0.6) is 0 Å². The summed E-state index contributed by atoms with van der Waals surface area (Å²) in [5.74, 6) is 0.282. The molecule has 4 rings (SSSR count). The molecule has 128 valence electrons. The van der Waals surface area contributed by atoms with Gasteiger partial charge in [-0.05, 0) is 36.5 Å². The van der Waals surface area contributed by atoms with Gasteiger partial charge in [-0.25, -0.2) is 0 Å². The van der Waals surface area contributed by atoms with Crippen molar-refractivity contribution in [3.05, 3.63) is 76.9 Å². The zero-order valence-electron chi connectivity index (χ0n) is 15.1. The average molecular weight is 331 g/mol. The van der Waals surface area contributed by atoms with Gasteiger partial charge in [-0.1, -0.05) is 48.4 Å².